The van der Waals surface area contributed by atoms with Crippen LogP contribution in [0.4, 0.5) is 0 Å². The van der Waals surface area contributed by atoms with Crippen molar-refractivity contribution in [3.05, 3.63) is 0 Å². The number of ether oxygens (including phenoxy) is 10. The van der Waals surface area contributed by atoms with Crippen LogP contribution in [-0.4, -0.2) is 297 Å². The van der Waals surface area contributed by atoms with Crippen LogP contribution in [0.15, 0.2) is 0 Å². The zero-order valence-electron chi connectivity index (χ0n) is 60.9. The van der Waals surface area contributed by atoms with Gasteiger partial charge in [0.15, 0.2) is 18.9 Å². The van der Waals surface area contributed by atoms with Gasteiger partial charge in [-0.3, -0.25) is 4.79 Å². The average molecular weight is 1660 g/mol. The highest BCUT2D eigenvalue weighted by atomic mass is 32.5. The summed E-state index contributed by atoms with van der Waals surface area (Å²) in [5.41, 5.74) is -0.884. The number of carbonyl (C=O) groups excluding carboxylic acids is 1. The Hall–Kier alpha value is 0.830. The molecule has 618 valence electrons. The van der Waals surface area contributed by atoms with Crippen LogP contribution in [0.5, 0.6) is 0 Å². The SMILES string of the molecule is COP(O)(=S)OCCCCCCCCOCC(COCCCOP(O)(=S)OCCCCCCO[C@@H]1OC(CO)[C@H](O)[C@H](O)C1C)(COCCCOP(O)(=S)OCCCCCCO[C@@H]1OC(CO)[C@H](O)[C@H](O)C1C)COCCCOP(O)(=S)OCCCCCCO[C@@H]1OC(CO)[C@H](O)[C@H](O)C1NC(C)=O. The lowest BCUT2D eigenvalue weighted by molar-refractivity contribution is -0.282. The van der Waals surface area contributed by atoms with Gasteiger partial charge in [0.2, 0.25) is 5.91 Å². The Bertz CT molecular complexity index is 2330. The van der Waals surface area contributed by atoms with Crippen molar-refractivity contribution in [2.75, 3.05) is 146 Å². The van der Waals surface area contributed by atoms with E-state index in [1.165, 1.54) is 14.0 Å². The lowest BCUT2D eigenvalue weighted by atomic mass is 9.92. The predicted octanol–water partition coefficient (Wildman–Crippen LogP) is 4.00. The second kappa shape index (κ2) is 56.2. The molecule has 3 saturated heterocycles. The number of carbonyl (C=O) groups is 1. The molecule has 0 saturated carbocycles. The average Bonchev–Trinajstić information content (AvgIpc) is 0.823. The Morgan fingerprint density at radius 1 is 0.365 bits per heavy atom. The highest BCUT2D eigenvalue weighted by molar-refractivity contribution is 8.08. The second-order valence-corrected chi connectivity index (χ2v) is 37.7. The van der Waals surface area contributed by atoms with Crippen LogP contribution >= 0.6 is 26.9 Å². The Balaban J connectivity index is 1.53. The number of amides is 1. The largest absolute Gasteiger partial charge is 0.394 e. The third-order valence-electron chi connectivity index (χ3n) is 17.2. The minimum atomic E-state index is -3.62. The molecule has 1 amide bonds. The van der Waals surface area contributed by atoms with Gasteiger partial charge in [-0.25, -0.2) is 0 Å². The molecular weight excluding hydrogens is 1530 g/mol. The van der Waals surface area contributed by atoms with Crippen molar-refractivity contribution < 1.29 is 154 Å². The van der Waals surface area contributed by atoms with E-state index in [9.17, 15) is 70.3 Å². The molecule has 0 spiro atoms. The first-order valence-electron chi connectivity index (χ1n) is 36.3. The molecular formula is C63H125NO32P4S4. The maximum absolute atomic E-state index is 11.8. The molecule has 104 heavy (non-hydrogen) atoms. The molecule has 0 bridgehead atoms. The molecule has 3 rings (SSSR count). The van der Waals surface area contributed by atoms with Crippen LogP contribution < -0.4 is 5.32 Å². The molecule has 33 nitrogen and oxygen atoms in total. The minimum absolute atomic E-state index is 0.0211. The van der Waals surface area contributed by atoms with Gasteiger partial charge in [-0.1, -0.05) is 78.1 Å². The van der Waals surface area contributed by atoms with Gasteiger partial charge >= 0.3 is 26.9 Å². The zero-order valence-corrected chi connectivity index (χ0v) is 67.7. The number of unbranched alkanes of at least 4 members (excludes halogenated alkanes) is 14. The maximum Gasteiger partial charge on any atom is 0.324 e. The van der Waals surface area contributed by atoms with Crippen LogP contribution in [0.2, 0.25) is 0 Å². The molecule has 19 atom stereocenters. The first-order valence-corrected chi connectivity index (χ1v) is 46.6. The van der Waals surface area contributed by atoms with Gasteiger partial charge in [0.1, 0.15) is 48.8 Å². The van der Waals surface area contributed by atoms with E-state index in [1.54, 1.807) is 13.8 Å². The first-order chi connectivity index (χ1) is 49.6. The summed E-state index contributed by atoms with van der Waals surface area (Å²) in [6.07, 6.45) is 1.15. The summed E-state index contributed by atoms with van der Waals surface area (Å²) in [4.78, 5) is 54.1. The van der Waals surface area contributed by atoms with E-state index < -0.39 is 150 Å². The quantitative estimate of drug-likeness (QED) is 0.0302. The smallest absolute Gasteiger partial charge is 0.324 e. The number of hydrogen-bond acceptors (Lipinski definition) is 32. The summed E-state index contributed by atoms with van der Waals surface area (Å²) < 4.78 is 103. The number of hydrogen-bond donors (Lipinski definition) is 14. The lowest BCUT2D eigenvalue weighted by Crippen LogP contribution is -2.64. The molecule has 3 aliphatic rings. The van der Waals surface area contributed by atoms with Gasteiger partial charge in [-0.15, -0.1) is 0 Å². The van der Waals surface area contributed by atoms with E-state index in [4.69, 9.17) is 131 Å². The lowest BCUT2D eigenvalue weighted by Gasteiger charge is -2.42. The molecule has 14 N–H and O–H groups in total. The van der Waals surface area contributed by atoms with Gasteiger partial charge in [0.05, 0.1) is 110 Å². The van der Waals surface area contributed by atoms with Gasteiger partial charge in [-0.2, -0.15) is 0 Å². The van der Waals surface area contributed by atoms with E-state index in [2.05, 4.69) is 5.32 Å². The molecule has 0 aromatic carbocycles. The molecule has 0 aromatic rings. The Kier molecular flexibility index (Phi) is 53.5. The summed E-state index contributed by atoms with van der Waals surface area (Å²) in [7, 11) is 1.32. The van der Waals surface area contributed by atoms with E-state index in [1.807, 2.05) is 0 Å². The monoisotopic (exact) mass is 1660 g/mol. The topological polar surface area (TPSA) is 458 Å². The third-order valence-corrected chi connectivity index (χ3v) is 23.9. The number of aliphatic hydroxyl groups is 9. The highest BCUT2D eigenvalue weighted by Crippen LogP contribution is 2.46. The van der Waals surface area contributed by atoms with Crippen molar-refractivity contribution in [2.24, 2.45) is 17.3 Å². The molecule has 3 fully saturated rings. The molecule has 3 heterocycles. The van der Waals surface area contributed by atoms with Gasteiger partial charge in [0.25, 0.3) is 0 Å². The Labute approximate surface area is 634 Å². The maximum atomic E-state index is 11.8. The number of rotatable bonds is 65. The molecule has 10 unspecified atom stereocenters. The van der Waals surface area contributed by atoms with E-state index >= 15 is 0 Å². The zero-order chi connectivity index (χ0) is 76.9. The molecule has 0 aliphatic carbocycles. The van der Waals surface area contributed by atoms with E-state index in [0.29, 0.717) is 97.1 Å². The normalized spacial score (nSPS) is 28.3. The van der Waals surface area contributed by atoms with Crippen LogP contribution in [0.25, 0.3) is 0 Å². The minimum Gasteiger partial charge on any atom is -0.394 e. The number of nitrogens with one attached hydrogen (secondary N) is 1. The number of aliphatic hydroxyl groups excluding tert-OH is 9. The predicted molar refractivity (Wildman–Crippen MR) is 394 cm³/mol. The van der Waals surface area contributed by atoms with Gasteiger partial charge < -0.3 is 154 Å². The first kappa shape index (κ1) is 99.0. The van der Waals surface area contributed by atoms with E-state index in [0.717, 1.165) is 64.2 Å². The molecule has 0 radical (unpaired) electrons. The highest BCUT2D eigenvalue weighted by Gasteiger charge is 2.46. The van der Waals surface area contributed by atoms with Crippen molar-refractivity contribution in [1.82, 2.24) is 5.32 Å². The fraction of sp³-hybridized carbons (Fsp3) is 0.984. The van der Waals surface area contributed by atoms with Crippen molar-refractivity contribution in [1.29, 1.82) is 0 Å². The Morgan fingerprint density at radius 3 is 0.923 bits per heavy atom. The van der Waals surface area contributed by atoms with Crippen LogP contribution in [0.1, 0.15) is 156 Å². The molecule has 41 heteroatoms. The van der Waals surface area contributed by atoms with Crippen molar-refractivity contribution in [3.8, 4) is 0 Å². The summed E-state index contributed by atoms with van der Waals surface area (Å²) in [5.74, 6) is -1.43. The Morgan fingerprint density at radius 2 is 0.615 bits per heavy atom. The van der Waals surface area contributed by atoms with Crippen molar-refractivity contribution in [2.45, 2.75) is 235 Å². The van der Waals surface area contributed by atoms with Crippen LogP contribution in [-0.2, 0) is 136 Å². The molecule has 3 aliphatic heterocycles. The van der Waals surface area contributed by atoms with Crippen LogP contribution in [0.3, 0.4) is 0 Å². The van der Waals surface area contributed by atoms with Gasteiger partial charge in [-0.05, 0) is 118 Å². The summed E-state index contributed by atoms with van der Waals surface area (Å²) in [6.45, 7) is -7.61. The summed E-state index contributed by atoms with van der Waals surface area (Å²) in [6, 6.07) is -1.04. The van der Waals surface area contributed by atoms with Crippen molar-refractivity contribution >= 4 is 80.0 Å². The second-order valence-electron chi connectivity index (χ2n) is 26.2. The van der Waals surface area contributed by atoms with Crippen molar-refractivity contribution in [3.63, 3.8) is 0 Å². The summed E-state index contributed by atoms with van der Waals surface area (Å²) in [5, 5.41) is 92.7. The fourth-order valence-electron chi connectivity index (χ4n) is 11.0. The standard InChI is InChI=1S/C63H125NO32P4S4/c1-47-54(69)56(71)50(40-65)94-60(47)84-30-16-9-12-20-34-88-98(76,102)91-37-23-27-81-44-63(43-80-26-15-7-5-6-8-19-33-87-97(75,101)79-4,45-82-28-24-38-92-99(77,103)89-35-21-13-10-17-31-85-61-48(2)55(70)57(72)51(41-66)95-61)46-83-29-25-39-93-100(78,104)90-36-22-14-11-18-32-86-62-53(64-49(3)68)59(74)58(73)52(42-67)96-62/h47-48,50-62,65-67,69-74H,5-46H2,1-4H3,(H,64,68)(H,75,101)(H,76,102)(H,77,103)(H,78,104)/t47?,48?,50?,51?,52?,53?,54-,55-,56+,57+,58+,59-,60-,61-,62-,63?,97?,98?,99?,100?/m1/s1. The van der Waals surface area contributed by atoms with E-state index in [-0.39, 0.29) is 92.5 Å². The van der Waals surface area contributed by atoms with Crippen LogP contribution in [0, 0.1) is 17.3 Å². The summed E-state index contributed by atoms with van der Waals surface area (Å²) >= 11 is 20.8. The van der Waals surface area contributed by atoms with Gasteiger partial charge in [0, 0.05) is 72.1 Å². The third kappa shape index (κ3) is 42.3. The fourth-order valence-corrected chi connectivity index (χ4v) is 15.4. The molecule has 0 aromatic heterocycles.